The molecular formula is C20H22BrN3O3. The second-order valence-corrected chi connectivity index (χ2v) is 7.26. The van der Waals surface area contributed by atoms with Crippen molar-refractivity contribution in [3.63, 3.8) is 0 Å². The van der Waals surface area contributed by atoms with Gasteiger partial charge in [0.2, 0.25) is 0 Å². The van der Waals surface area contributed by atoms with Crippen molar-refractivity contribution >= 4 is 21.8 Å². The molecule has 2 heterocycles. The number of aryl methyl sites for hydroxylation is 1. The summed E-state index contributed by atoms with van der Waals surface area (Å²) in [6, 6.07) is 9.50. The maximum absolute atomic E-state index is 12.8. The van der Waals surface area contributed by atoms with E-state index in [4.69, 9.17) is 14.7 Å². The monoisotopic (exact) mass is 431 g/mol. The minimum absolute atomic E-state index is 0.0580. The highest BCUT2D eigenvalue weighted by Gasteiger charge is 2.31. The number of hydrogen-bond donors (Lipinski definition) is 0. The first kappa shape index (κ1) is 19.3. The molecule has 1 aliphatic heterocycles. The third-order valence-electron chi connectivity index (χ3n) is 4.68. The first-order chi connectivity index (χ1) is 13.0. The van der Waals surface area contributed by atoms with Gasteiger partial charge in [-0.2, -0.15) is 5.26 Å². The lowest BCUT2D eigenvalue weighted by molar-refractivity contribution is -0.134. The quantitative estimate of drug-likeness (QED) is 0.697. The van der Waals surface area contributed by atoms with Gasteiger partial charge in [-0.05, 0) is 53.9 Å². The van der Waals surface area contributed by atoms with E-state index in [2.05, 4.69) is 32.6 Å². The number of nitrogens with zero attached hydrogens (tertiary/aromatic N) is 3. The molecule has 1 aromatic heterocycles. The van der Waals surface area contributed by atoms with E-state index in [0.717, 1.165) is 25.1 Å². The topological polar surface area (TPSA) is 67.5 Å². The highest BCUT2D eigenvalue weighted by molar-refractivity contribution is 9.10. The van der Waals surface area contributed by atoms with Crippen molar-refractivity contribution in [2.24, 2.45) is 7.05 Å². The van der Waals surface area contributed by atoms with Gasteiger partial charge in [0.25, 0.3) is 5.91 Å². The minimum Gasteiger partial charge on any atom is -0.490 e. The lowest BCUT2D eigenvalue weighted by Crippen LogP contribution is -2.35. The number of rotatable bonds is 6. The van der Waals surface area contributed by atoms with Gasteiger partial charge < -0.3 is 18.9 Å². The largest absolute Gasteiger partial charge is 0.490 e. The highest BCUT2D eigenvalue weighted by atomic mass is 79.9. The van der Waals surface area contributed by atoms with Gasteiger partial charge in [0.1, 0.15) is 0 Å². The molecule has 27 heavy (non-hydrogen) atoms. The Kier molecular flexibility index (Phi) is 6.07. The van der Waals surface area contributed by atoms with Gasteiger partial charge in [0.15, 0.2) is 18.1 Å². The van der Waals surface area contributed by atoms with E-state index < -0.39 is 0 Å². The van der Waals surface area contributed by atoms with Crippen LogP contribution in [0.25, 0.3) is 0 Å². The van der Waals surface area contributed by atoms with Gasteiger partial charge in [-0.1, -0.05) is 0 Å². The molecule has 0 spiro atoms. The Hall–Kier alpha value is -2.46. The number of carbonyl (C=O) groups is 1. The van der Waals surface area contributed by atoms with E-state index in [0.29, 0.717) is 28.1 Å². The van der Waals surface area contributed by atoms with E-state index >= 15 is 0 Å². The van der Waals surface area contributed by atoms with Gasteiger partial charge >= 0.3 is 0 Å². The molecule has 0 saturated carbocycles. The number of hydrogen-bond acceptors (Lipinski definition) is 4. The second kappa shape index (κ2) is 8.49. The summed E-state index contributed by atoms with van der Waals surface area (Å²) in [5.74, 6) is 0.841. The molecule has 0 bridgehead atoms. The van der Waals surface area contributed by atoms with Crippen LogP contribution in [0, 0.1) is 11.3 Å². The molecule has 142 valence electrons. The van der Waals surface area contributed by atoms with Crippen molar-refractivity contribution in [1.29, 1.82) is 5.26 Å². The van der Waals surface area contributed by atoms with E-state index in [1.54, 1.807) is 12.1 Å². The zero-order valence-electron chi connectivity index (χ0n) is 15.4. The number of carbonyl (C=O) groups excluding carboxylic acids is 1. The molecule has 7 heteroatoms. The number of likely N-dealkylation sites (tertiary alicyclic amines) is 1. The van der Waals surface area contributed by atoms with Crippen LogP contribution in [0.1, 0.15) is 37.1 Å². The standard InChI is InChI=1S/C20H22BrN3O3/c1-3-26-18-11-14(12-22)10-15(21)20(18)27-13-19(25)24-9-5-7-17(24)16-6-4-8-23(16)2/h4,6,8,10-11,17H,3,5,7,9,13H2,1-2H3. The van der Waals surface area contributed by atoms with Gasteiger partial charge in [0.05, 0.1) is 28.8 Å². The Bertz CT molecular complexity index is 872. The van der Waals surface area contributed by atoms with Crippen LogP contribution >= 0.6 is 15.9 Å². The molecule has 1 unspecified atom stereocenters. The molecule has 0 N–H and O–H groups in total. The average Bonchev–Trinajstić information content (AvgIpc) is 3.29. The number of halogens is 1. The molecule has 3 rings (SSSR count). The predicted molar refractivity (Wildman–Crippen MR) is 105 cm³/mol. The van der Waals surface area contributed by atoms with Crippen LogP contribution in [0.4, 0.5) is 0 Å². The maximum Gasteiger partial charge on any atom is 0.261 e. The molecule has 0 aliphatic carbocycles. The van der Waals surface area contributed by atoms with E-state index in [1.165, 1.54) is 0 Å². The normalized spacial score (nSPS) is 16.2. The third-order valence-corrected chi connectivity index (χ3v) is 5.27. The fourth-order valence-corrected chi connectivity index (χ4v) is 4.00. The van der Waals surface area contributed by atoms with Crippen molar-refractivity contribution in [1.82, 2.24) is 9.47 Å². The molecule has 1 atom stereocenters. The lowest BCUT2D eigenvalue weighted by atomic mass is 10.1. The van der Waals surface area contributed by atoms with Crippen LogP contribution in [0.2, 0.25) is 0 Å². The Morgan fingerprint density at radius 1 is 1.41 bits per heavy atom. The molecule has 1 saturated heterocycles. The average molecular weight is 432 g/mol. The smallest absolute Gasteiger partial charge is 0.261 e. The summed E-state index contributed by atoms with van der Waals surface area (Å²) < 4.78 is 14.0. The molecule has 1 amide bonds. The Morgan fingerprint density at radius 2 is 2.22 bits per heavy atom. The SMILES string of the molecule is CCOc1cc(C#N)cc(Br)c1OCC(=O)N1CCCC1c1cccn1C. The summed E-state index contributed by atoms with van der Waals surface area (Å²) in [6.45, 7) is 2.94. The number of amides is 1. The number of ether oxygens (including phenoxy) is 2. The summed E-state index contributed by atoms with van der Waals surface area (Å²) in [5, 5.41) is 9.12. The van der Waals surface area contributed by atoms with Crippen LogP contribution in [0.3, 0.4) is 0 Å². The summed E-state index contributed by atoms with van der Waals surface area (Å²) >= 11 is 3.41. The van der Waals surface area contributed by atoms with Crippen LogP contribution in [-0.2, 0) is 11.8 Å². The summed E-state index contributed by atoms with van der Waals surface area (Å²) in [6.07, 6.45) is 3.93. The maximum atomic E-state index is 12.8. The first-order valence-electron chi connectivity index (χ1n) is 8.95. The van der Waals surface area contributed by atoms with Gasteiger partial charge in [-0.3, -0.25) is 4.79 Å². The zero-order chi connectivity index (χ0) is 19.4. The summed E-state index contributed by atoms with van der Waals surface area (Å²) in [5.41, 5.74) is 1.60. The summed E-state index contributed by atoms with van der Waals surface area (Å²) in [4.78, 5) is 14.7. The number of nitriles is 1. The Labute approximate surface area is 167 Å². The lowest BCUT2D eigenvalue weighted by Gasteiger charge is -2.25. The highest BCUT2D eigenvalue weighted by Crippen LogP contribution is 2.37. The molecular weight excluding hydrogens is 410 g/mol. The Balaban J connectivity index is 1.74. The molecule has 2 aromatic rings. The first-order valence-corrected chi connectivity index (χ1v) is 9.74. The minimum atomic E-state index is -0.0779. The molecule has 1 fully saturated rings. The predicted octanol–water partition coefficient (Wildman–Crippen LogP) is 3.80. The van der Waals surface area contributed by atoms with Crippen molar-refractivity contribution in [2.75, 3.05) is 19.8 Å². The van der Waals surface area contributed by atoms with E-state index in [9.17, 15) is 4.79 Å². The third kappa shape index (κ3) is 4.11. The van der Waals surface area contributed by atoms with Crippen molar-refractivity contribution in [2.45, 2.75) is 25.8 Å². The number of aromatic nitrogens is 1. The van der Waals surface area contributed by atoms with Gasteiger partial charge in [-0.15, -0.1) is 0 Å². The molecule has 6 nitrogen and oxygen atoms in total. The molecule has 1 aliphatic rings. The van der Waals surface area contributed by atoms with Crippen LogP contribution in [-0.4, -0.2) is 35.1 Å². The van der Waals surface area contributed by atoms with E-state index in [-0.39, 0.29) is 18.6 Å². The van der Waals surface area contributed by atoms with Gasteiger partial charge in [-0.25, -0.2) is 0 Å². The van der Waals surface area contributed by atoms with Crippen molar-refractivity contribution < 1.29 is 14.3 Å². The number of benzene rings is 1. The fourth-order valence-electron chi connectivity index (χ4n) is 3.45. The van der Waals surface area contributed by atoms with Crippen molar-refractivity contribution in [3.05, 3.63) is 46.2 Å². The van der Waals surface area contributed by atoms with Crippen LogP contribution < -0.4 is 9.47 Å². The second-order valence-electron chi connectivity index (χ2n) is 6.41. The molecule has 0 radical (unpaired) electrons. The van der Waals surface area contributed by atoms with Crippen LogP contribution in [0.15, 0.2) is 34.9 Å². The summed E-state index contributed by atoms with van der Waals surface area (Å²) in [7, 11) is 2.00. The molecule has 1 aromatic carbocycles. The zero-order valence-corrected chi connectivity index (χ0v) is 17.0. The van der Waals surface area contributed by atoms with Gasteiger partial charge in [0, 0.05) is 31.5 Å². The van der Waals surface area contributed by atoms with E-state index in [1.807, 2.05) is 31.1 Å². The van der Waals surface area contributed by atoms with Crippen LogP contribution in [0.5, 0.6) is 11.5 Å². The van der Waals surface area contributed by atoms with Crippen molar-refractivity contribution in [3.8, 4) is 17.6 Å². The Morgan fingerprint density at radius 3 is 2.89 bits per heavy atom. The fraction of sp³-hybridized carbons (Fsp3) is 0.400.